The number of amides is 1. The van der Waals surface area contributed by atoms with Crippen LogP contribution in [0.4, 0.5) is 5.69 Å². The second-order valence-corrected chi connectivity index (χ2v) is 7.67. The van der Waals surface area contributed by atoms with E-state index in [0.717, 1.165) is 5.56 Å². The maximum atomic E-state index is 12.7. The standard InChI is InChI=1S/C18H22N2O3S/c1-13(2)18(15-7-5-4-6-8-15)20-24(22,23)17-11-9-16(10-12-17)19-14(3)21/h4-13,18,20H,1-3H3,(H,19,21). The highest BCUT2D eigenvalue weighted by molar-refractivity contribution is 7.89. The van der Waals surface area contributed by atoms with Crippen molar-refractivity contribution in [1.29, 1.82) is 0 Å². The van der Waals surface area contributed by atoms with Crippen molar-refractivity contribution in [3.63, 3.8) is 0 Å². The molecule has 1 atom stereocenters. The van der Waals surface area contributed by atoms with Crippen molar-refractivity contribution in [2.24, 2.45) is 5.92 Å². The number of nitrogens with one attached hydrogen (secondary N) is 2. The second kappa shape index (κ2) is 7.59. The van der Waals surface area contributed by atoms with Crippen LogP contribution in [0.3, 0.4) is 0 Å². The van der Waals surface area contributed by atoms with E-state index in [0.29, 0.717) is 5.69 Å². The molecule has 0 spiro atoms. The van der Waals surface area contributed by atoms with Crippen molar-refractivity contribution in [3.05, 3.63) is 60.2 Å². The molecule has 2 aromatic carbocycles. The summed E-state index contributed by atoms with van der Waals surface area (Å²) < 4.78 is 28.1. The van der Waals surface area contributed by atoms with Gasteiger partial charge in [0.25, 0.3) is 0 Å². The number of sulfonamides is 1. The minimum atomic E-state index is -3.66. The molecule has 0 aliphatic rings. The molecule has 0 heterocycles. The Morgan fingerprint density at radius 3 is 2.04 bits per heavy atom. The molecule has 2 rings (SSSR count). The van der Waals surface area contributed by atoms with Crippen LogP contribution in [-0.4, -0.2) is 14.3 Å². The fourth-order valence-electron chi connectivity index (χ4n) is 2.41. The minimum absolute atomic E-state index is 0.0980. The molecule has 0 saturated carbocycles. The topological polar surface area (TPSA) is 75.3 Å². The SMILES string of the molecule is CC(=O)Nc1ccc(S(=O)(=O)NC(c2ccccc2)C(C)C)cc1. The van der Waals surface area contributed by atoms with E-state index >= 15 is 0 Å². The number of hydrogen-bond donors (Lipinski definition) is 2. The number of anilines is 1. The van der Waals surface area contributed by atoms with Gasteiger partial charge in [-0.3, -0.25) is 4.79 Å². The molecule has 0 aliphatic heterocycles. The van der Waals surface area contributed by atoms with Gasteiger partial charge in [0.05, 0.1) is 4.90 Å². The van der Waals surface area contributed by atoms with E-state index in [4.69, 9.17) is 0 Å². The summed E-state index contributed by atoms with van der Waals surface area (Å²) in [6.07, 6.45) is 0. The second-order valence-electron chi connectivity index (χ2n) is 5.96. The van der Waals surface area contributed by atoms with E-state index in [9.17, 15) is 13.2 Å². The molecule has 6 heteroatoms. The van der Waals surface area contributed by atoms with E-state index in [1.54, 1.807) is 12.1 Å². The van der Waals surface area contributed by atoms with Crippen LogP contribution in [0.2, 0.25) is 0 Å². The lowest BCUT2D eigenvalue weighted by molar-refractivity contribution is -0.114. The maximum absolute atomic E-state index is 12.7. The predicted molar refractivity (Wildman–Crippen MR) is 95.1 cm³/mol. The first-order chi connectivity index (χ1) is 11.3. The highest BCUT2D eigenvalue weighted by atomic mass is 32.2. The highest BCUT2D eigenvalue weighted by Gasteiger charge is 2.23. The molecule has 1 amide bonds. The lowest BCUT2D eigenvalue weighted by atomic mass is 9.97. The molecule has 0 saturated heterocycles. The van der Waals surface area contributed by atoms with Crippen LogP contribution in [0.5, 0.6) is 0 Å². The summed E-state index contributed by atoms with van der Waals surface area (Å²) in [4.78, 5) is 11.2. The van der Waals surface area contributed by atoms with Crippen LogP contribution >= 0.6 is 0 Å². The van der Waals surface area contributed by atoms with Crippen LogP contribution < -0.4 is 10.0 Å². The lowest BCUT2D eigenvalue weighted by Gasteiger charge is -2.23. The predicted octanol–water partition coefficient (Wildman–Crippen LogP) is 3.32. The van der Waals surface area contributed by atoms with Gasteiger partial charge in [-0.2, -0.15) is 0 Å². The zero-order valence-corrected chi connectivity index (χ0v) is 14.8. The van der Waals surface area contributed by atoms with Gasteiger partial charge >= 0.3 is 0 Å². The molecule has 0 aliphatic carbocycles. The molecule has 2 N–H and O–H groups in total. The zero-order chi connectivity index (χ0) is 17.7. The van der Waals surface area contributed by atoms with Crippen LogP contribution in [-0.2, 0) is 14.8 Å². The summed E-state index contributed by atoms with van der Waals surface area (Å²) in [7, 11) is -3.66. The normalized spacial score (nSPS) is 12.8. The summed E-state index contributed by atoms with van der Waals surface area (Å²) in [6, 6.07) is 15.3. The van der Waals surface area contributed by atoms with Crippen molar-refractivity contribution in [2.45, 2.75) is 31.7 Å². The average Bonchev–Trinajstić information content (AvgIpc) is 2.53. The quantitative estimate of drug-likeness (QED) is 0.842. The van der Waals surface area contributed by atoms with Crippen molar-refractivity contribution >= 4 is 21.6 Å². The summed E-state index contributed by atoms with van der Waals surface area (Å²) in [5, 5.41) is 2.61. The van der Waals surface area contributed by atoms with Gasteiger partial charge in [0.1, 0.15) is 0 Å². The Kier molecular flexibility index (Phi) is 5.75. The van der Waals surface area contributed by atoms with Crippen LogP contribution in [0.25, 0.3) is 0 Å². The van der Waals surface area contributed by atoms with Crippen LogP contribution in [0.15, 0.2) is 59.5 Å². The summed E-state index contributed by atoms with van der Waals surface area (Å²) >= 11 is 0. The molecule has 2 aromatic rings. The Bertz CT molecular complexity index is 785. The van der Waals surface area contributed by atoms with Gasteiger partial charge in [0, 0.05) is 18.7 Å². The largest absolute Gasteiger partial charge is 0.326 e. The Hall–Kier alpha value is -2.18. The third kappa shape index (κ3) is 4.66. The molecule has 0 bridgehead atoms. The summed E-state index contributed by atoms with van der Waals surface area (Å²) in [6.45, 7) is 5.35. The van der Waals surface area contributed by atoms with Gasteiger partial charge in [-0.15, -0.1) is 0 Å². The monoisotopic (exact) mass is 346 g/mol. The molecule has 24 heavy (non-hydrogen) atoms. The van der Waals surface area contributed by atoms with Crippen molar-refractivity contribution < 1.29 is 13.2 Å². The van der Waals surface area contributed by atoms with Gasteiger partial charge < -0.3 is 5.32 Å². The van der Waals surface area contributed by atoms with Gasteiger partial charge in [0.2, 0.25) is 15.9 Å². The van der Waals surface area contributed by atoms with Gasteiger partial charge in [0.15, 0.2) is 0 Å². The van der Waals surface area contributed by atoms with E-state index < -0.39 is 10.0 Å². The van der Waals surface area contributed by atoms with Crippen molar-refractivity contribution in [1.82, 2.24) is 4.72 Å². The van der Waals surface area contributed by atoms with E-state index in [1.165, 1.54) is 19.1 Å². The third-order valence-electron chi connectivity index (χ3n) is 3.59. The van der Waals surface area contributed by atoms with Crippen molar-refractivity contribution in [3.8, 4) is 0 Å². The van der Waals surface area contributed by atoms with Crippen molar-refractivity contribution in [2.75, 3.05) is 5.32 Å². The third-order valence-corrected chi connectivity index (χ3v) is 5.05. The molecule has 5 nitrogen and oxygen atoms in total. The Morgan fingerprint density at radius 2 is 1.54 bits per heavy atom. The number of rotatable bonds is 6. The van der Waals surface area contributed by atoms with Gasteiger partial charge in [-0.25, -0.2) is 13.1 Å². The Labute approximate surface area is 143 Å². The van der Waals surface area contributed by atoms with E-state index in [1.807, 2.05) is 44.2 Å². The number of carbonyl (C=O) groups is 1. The van der Waals surface area contributed by atoms with Gasteiger partial charge in [-0.05, 0) is 35.7 Å². The Morgan fingerprint density at radius 1 is 0.958 bits per heavy atom. The highest BCUT2D eigenvalue weighted by Crippen LogP contribution is 2.24. The van der Waals surface area contributed by atoms with Crippen LogP contribution in [0, 0.1) is 5.92 Å². The molecular weight excluding hydrogens is 324 g/mol. The minimum Gasteiger partial charge on any atom is -0.326 e. The van der Waals surface area contributed by atoms with Crippen LogP contribution in [0.1, 0.15) is 32.4 Å². The average molecular weight is 346 g/mol. The molecule has 0 aromatic heterocycles. The number of hydrogen-bond acceptors (Lipinski definition) is 3. The maximum Gasteiger partial charge on any atom is 0.241 e. The molecule has 128 valence electrons. The van der Waals surface area contributed by atoms with Gasteiger partial charge in [-0.1, -0.05) is 44.2 Å². The summed E-state index contributed by atoms with van der Waals surface area (Å²) in [5.41, 5.74) is 1.48. The summed E-state index contributed by atoms with van der Waals surface area (Å²) in [5.74, 6) is -0.103. The number of carbonyl (C=O) groups excluding carboxylic acids is 1. The molecule has 0 radical (unpaired) electrons. The first-order valence-electron chi connectivity index (χ1n) is 7.74. The fraction of sp³-hybridized carbons (Fsp3) is 0.278. The van der Waals surface area contributed by atoms with E-state index in [2.05, 4.69) is 10.0 Å². The zero-order valence-electron chi connectivity index (χ0n) is 14.0. The fourth-order valence-corrected chi connectivity index (χ4v) is 3.78. The molecule has 0 fully saturated rings. The van der Waals surface area contributed by atoms with E-state index in [-0.39, 0.29) is 22.8 Å². The number of benzene rings is 2. The first kappa shape index (κ1) is 18.2. The molecular formula is C18H22N2O3S. The smallest absolute Gasteiger partial charge is 0.241 e. The Balaban J connectivity index is 2.24. The molecule has 1 unspecified atom stereocenters. The lowest BCUT2D eigenvalue weighted by Crippen LogP contribution is -2.31. The first-order valence-corrected chi connectivity index (χ1v) is 9.23.